The number of hydrogen-bond donors (Lipinski definition) is 0. The van der Waals surface area contributed by atoms with Crippen LogP contribution in [0.2, 0.25) is 0 Å². The Morgan fingerprint density at radius 1 is 1.08 bits per heavy atom. The van der Waals surface area contributed by atoms with Crippen LogP contribution in [0.5, 0.6) is 0 Å². The summed E-state index contributed by atoms with van der Waals surface area (Å²) < 4.78 is 29.6. The summed E-state index contributed by atoms with van der Waals surface area (Å²) in [5, 5.41) is 4.40. The first-order chi connectivity index (χ1) is 12.3. The molecule has 0 aliphatic carbocycles. The molecule has 2 aromatic rings. The van der Waals surface area contributed by atoms with Crippen LogP contribution in [0, 0.1) is 20.8 Å². The summed E-state index contributed by atoms with van der Waals surface area (Å²) in [6.07, 6.45) is 1.93. The molecule has 0 N–H and O–H groups in total. The molecular formula is C19H28N4O2S. The van der Waals surface area contributed by atoms with E-state index in [9.17, 15) is 8.42 Å². The van der Waals surface area contributed by atoms with Gasteiger partial charge in [0.2, 0.25) is 10.0 Å². The summed E-state index contributed by atoms with van der Waals surface area (Å²) in [4.78, 5) is 2.74. The van der Waals surface area contributed by atoms with Gasteiger partial charge in [0, 0.05) is 50.5 Å². The van der Waals surface area contributed by atoms with E-state index in [1.54, 1.807) is 10.4 Å². The maximum absolute atomic E-state index is 13.0. The molecule has 1 aliphatic heterocycles. The van der Waals surface area contributed by atoms with Gasteiger partial charge in [-0.3, -0.25) is 9.58 Å². The lowest BCUT2D eigenvalue weighted by Crippen LogP contribution is -2.48. The minimum atomic E-state index is -3.43. The molecule has 1 aromatic heterocycles. The molecular weight excluding hydrogens is 348 g/mol. The molecule has 6 nitrogen and oxygen atoms in total. The Bertz CT molecular complexity index is 881. The molecule has 142 valence electrons. The lowest BCUT2D eigenvalue weighted by atomic mass is 10.2. The fourth-order valence-corrected chi connectivity index (χ4v) is 5.18. The lowest BCUT2D eigenvalue weighted by molar-refractivity contribution is 0.181. The van der Waals surface area contributed by atoms with Crippen LogP contribution in [0.15, 0.2) is 29.3 Å². The van der Waals surface area contributed by atoms with E-state index in [1.165, 1.54) is 11.3 Å². The Morgan fingerprint density at radius 3 is 2.38 bits per heavy atom. The molecule has 0 amide bonds. The predicted octanol–water partition coefficient (Wildman–Crippen LogP) is 2.33. The van der Waals surface area contributed by atoms with Crippen LogP contribution in [0.25, 0.3) is 0 Å². The van der Waals surface area contributed by atoms with Gasteiger partial charge in [-0.25, -0.2) is 8.42 Å². The van der Waals surface area contributed by atoms with Gasteiger partial charge >= 0.3 is 0 Å². The predicted molar refractivity (Wildman–Crippen MR) is 103 cm³/mol. The number of piperazine rings is 1. The van der Waals surface area contributed by atoms with Crippen LogP contribution in [0.4, 0.5) is 0 Å². The highest BCUT2D eigenvalue weighted by Crippen LogP contribution is 2.23. The minimum Gasteiger partial charge on any atom is -0.296 e. The first kappa shape index (κ1) is 19.1. The molecule has 0 saturated carbocycles. The van der Waals surface area contributed by atoms with Gasteiger partial charge in [0.05, 0.1) is 11.1 Å². The topological polar surface area (TPSA) is 58.4 Å². The molecule has 0 bridgehead atoms. The molecule has 7 heteroatoms. The van der Waals surface area contributed by atoms with Crippen molar-refractivity contribution >= 4 is 10.0 Å². The van der Waals surface area contributed by atoms with Gasteiger partial charge in [-0.2, -0.15) is 9.40 Å². The minimum absolute atomic E-state index is 0.436. The Kier molecular flexibility index (Phi) is 5.50. The Morgan fingerprint density at radius 2 is 1.77 bits per heavy atom. The number of aromatic nitrogens is 2. The molecule has 2 heterocycles. The zero-order valence-electron chi connectivity index (χ0n) is 16.1. The molecule has 1 aromatic carbocycles. The SMILES string of the molecule is CCn1ncc(CN2CCN(S(=O)(=O)c3cc(C)ccc3C)CC2)c1C. The summed E-state index contributed by atoms with van der Waals surface area (Å²) in [5.41, 5.74) is 4.19. The molecule has 0 atom stereocenters. The van der Waals surface area contributed by atoms with Crippen LogP contribution in [0.1, 0.15) is 29.3 Å². The van der Waals surface area contributed by atoms with E-state index < -0.39 is 10.0 Å². The van der Waals surface area contributed by atoms with E-state index in [-0.39, 0.29) is 0 Å². The Hall–Kier alpha value is -1.70. The largest absolute Gasteiger partial charge is 0.296 e. The summed E-state index contributed by atoms with van der Waals surface area (Å²) in [7, 11) is -3.43. The van der Waals surface area contributed by atoms with Crippen molar-refractivity contribution in [2.45, 2.75) is 45.7 Å². The van der Waals surface area contributed by atoms with Crippen LogP contribution >= 0.6 is 0 Å². The molecule has 0 spiro atoms. The van der Waals surface area contributed by atoms with Crippen LogP contribution < -0.4 is 0 Å². The van der Waals surface area contributed by atoms with E-state index in [1.807, 2.05) is 36.9 Å². The molecule has 1 aliphatic rings. The number of hydrogen-bond acceptors (Lipinski definition) is 4. The summed E-state index contributed by atoms with van der Waals surface area (Å²) >= 11 is 0. The van der Waals surface area contributed by atoms with Crippen molar-refractivity contribution in [2.75, 3.05) is 26.2 Å². The van der Waals surface area contributed by atoms with E-state index in [2.05, 4.69) is 23.8 Å². The van der Waals surface area contributed by atoms with Gasteiger partial charge in [-0.1, -0.05) is 12.1 Å². The smallest absolute Gasteiger partial charge is 0.243 e. The lowest BCUT2D eigenvalue weighted by Gasteiger charge is -2.34. The maximum atomic E-state index is 13.0. The fourth-order valence-electron chi connectivity index (χ4n) is 3.45. The van der Waals surface area contributed by atoms with Crippen molar-refractivity contribution in [3.8, 4) is 0 Å². The highest BCUT2D eigenvalue weighted by molar-refractivity contribution is 7.89. The van der Waals surface area contributed by atoms with Gasteiger partial charge in [0.1, 0.15) is 0 Å². The number of rotatable bonds is 5. The first-order valence-corrected chi connectivity index (χ1v) is 10.6. The molecule has 1 saturated heterocycles. The van der Waals surface area contributed by atoms with Gasteiger partial charge in [-0.05, 0) is 44.9 Å². The van der Waals surface area contributed by atoms with Crippen molar-refractivity contribution in [1.82, 2.24) is 19.0 Å². The second-order valence-electron chi connectivity index (χ2n) is 7.02. The quantitative estimate of drug-likeness (QED) is 0.804. The third-order valence-corrected chi connectivity index (χ3v) is 7.23. The third kappa shape index (κ3) is 3.70. The van der Waals surface area contributed by atoms with Crippen molar-refractivity contribution in [1.29, 1.82) is 0 Å². The summed E-state index contributed by atoms with van der Waals surface area (Å²) in [6, 6.07) is 5.61. The van der Waals surface area contributed by atoms with Gasteiger partial charge in [0.25, 0.3) is 0 Å². The molecule has 3 rings (SSSR count). The van der Waals surface area contributed by atoms with E-state index in [4.69, 9.17) is 0 Å². The third-order valence-electron chi connectivity index (χ3n) is 5.19. The monoisotopic (exact) mass is 376 g/mol. The zero-order valence-corrected chi connectivity index (χ0v) is 16.9. The standard InChI is InChI=1S/C19H28N4O2S/c1-5-23-17(4)18(13-20-23)14-21-8-10-22(11-9-21)26(24,25)19-12-15(2)6-7-16(19)3/h6-7,12-13H,5,8-11,14H2,1-4H3. The summed E-state index contributed by atoms with van der Waals surface area (Å²) in [6.45, 7) is 12.2. The highest BCUT2D eigenvalue weighted by Gasteiger charge is 2.29. The average Bonchev–Trinajstić information content (AvgIpc) is 2.97. The van der Waals surface area contributed by atoms with Crippen molar-refractivity contribution in [3.63, 3.8) is 0 Å². The van der Waals surface area contributed by atoms with Crippen molar-refractivity contribution < 1.29 is 8.42 Å². The summed E-state index contributed by atoms with van der Waals surface area (Å²) in [5.74, 6) is 0. The molecule has 26 heavy (non-hydrogen) atoms. The van der Waals surface area contributed by atoms with E-state index >= 15 is 0 Å². The highest BCUT2D eigenvalue weighted by atomic mass is 32.2. The number of aryl methyl sites for hydroxylation is 3. The van der Waals surface area contributed by atoms with Crippen molar-refractivity contribution in [2.24, 2.45) is 0 Å². The Balaban J connectivity index is 1.68. The molecule has 0 radical (unpaired) electrons. The van der Waals surface area contributed by atoms with Crippen LogP contribution in [0.3, 0.4) is 0 Å². The fraction of sp³-hybridized carbons (Fsp3) is 0.526. The van der Waals surface area contributed by atoms with E-state index in [0.29, 0.717) is 18.0 Å². The molecule has 1 fully saturated rings. The van der Waals surface area contributed by atoms with Crippen LogP contribution in [-0.2, 0) is 23.1 Å². The first-order valence-electron chi connectivity index (χ1n) is 9.14. The number of nitrogens with zero attached hydrogens (tertiary/aromatic N) is 4. The van der Waals surface area contributed by atoms with E-state index in [0.717, 1.165) is 37.3 Å². The second kappa shape index (κ2) is 7.50. The normalized spacial score (nSPS) is 16.9. The van der Waals surface area contributed by atoms with Crippen molar-refractivity contribution in [3.05, 3.63) is 46.8 Å². The zero-order chi connectivity index (χ0) is 18.9. The number of benzene rings is 1. The maximum Gasteiger partial charge on any atom is 0.243 e. The van der Waals surface area contributed by atoms with Crippen LogP contribution in [-0.4, -0.2) is 53.6 Å². The van der Waals surface area contributed by atoms with Gasteiger partial charge < -0.3 is 0 Å². The van der Waals surface area contributed by atoms with Gasteiger partial charge in [0.15, 0.2) is 0 Å². The second-order valence-corrected chi connectivity index (χ2v) is 8.93. The Labute approximate surface area is 156 Å². The van der Waals surface area contributed by atoms with Gasteiger partial charge in [-0.15, -0.1) is 0 Å². The number of sulfonamides is 1. The molecule has 0 unspecified atom stereocenters. The average molecular weight is 377 g/mol.